The summed E-state index contributed by atoms with van der Waals surface area (Å²) in [4.78, 5) is 4.27. The molecule has 1 aromatic heterocycles. The van der Waals surface area contributed by atoms with Gasteiger partial charge in [-0.15, -0.1) is 0 Å². The fraction of sp³-hybridized carbons (Fsp3) is 0. The van der Waals surface area contributed by atoms with Crippen LogP contribution in [0.25, 0.3) is 22.4 Å². The van der Waals surface area contributed by atoms with Crippen molar-refractivity contribution in [3.05, 3.63) is 65.7 Å². The minimum absolute atomic E-state index is 0.293. The molecule has 2 aromatic carbocycles. The standard InChI is InChI=1S/C17H14ClN3/c18-14-10-15(19)17(20)21-16(14)13-8-6-12(7-9-13)11-4-2-1-3-5-11/h1-10H,19H2,(H2,20,21). The molecule has 0 amide bonds. The van der Waals surface area contributed by atoms with E-state index >= 15 is 0 Å². The summed E-state index contributed by atoms with van der Waals surface area (Å²) in [7, 11) is 0. The zero-order valence-electron chi connectivity index (χ0n) is 11.3. The molecule has 4 N–H and O–H groups in total. The Morgan fingerprint density at radius 3 is 2.00 bits per heavy atom. The Morgan fingerprint density at radius 2 is 1.33 bits per heavy atom. The normalized spacial score (nSPS) is 10.5. The molecular formula is C17H14ClN3. The Hall–Kier alpha value is -2.52. The molecular weight excluding hydrogens is 282 g/mol. The van der Waals surface area contributed by atoms with Crippen LogP contribution in [0.1, 0.15) is 0 Å². The van der Waals surface area contributed by atoms with Gasteiger partial charge in [0.1, 0.15) is 5.82 Å². The van der Waals surface area contributed by atoms with E-state index in [-0.39, 0.29) is 0 Å². The van der Waals surface area contributed by atoms with E-state index < -0.39 is 0 Å². The van der Waals surface area contributed by atoms with E-state index in [0.717, 1.165) is 11.1 Å². The van der Waals surface area contributed by atoms with Gasteiger partial charge in [0.15, 0.2) is 0 Å². The molecule has 3 rings (SSSR count). The molecule has 0 aliphatic carbocycles. The third-order valence-corrected chi connectivity index (χ3v) is 3.59. The Morgan fingerprint density at radius 1 is 0.762 bits per heavy atom. The van der Waals surface area contributed by atoms with Gasteiger partial charge in [0.25, 0.3) is 0 Å². The van der Waals surface area contributed by atoms with Crippen LogP contribution >= 0.6 is 11.6 Å². The van der Waals surface area contributed by atoms with Crippen LogP contribution in [0, 0.1) is 0 Å². The lowest BCUT2D eigenvalue weighted by Crippen LogP contribution is -1.99. The van der Waals surface area contributed by atoms with Gasteiger partial charge in [-0.25, -0.2) is 4.98 Å². The first kappa shape index (κ1) is 13.5. The van der Waals surface area contributed by atoms with Crippen molar-refractivity contribution in [2.45, 2.75) is 0 Å². The Labute approximate surface area is 128 Å². The number of halogens is 1. The smallest absolute Gasteiger partial charge is 0.147 e. The van der Waals surface area contributed by atoms with Crippen LogP contribution in [0.15, 0.2) is 60.7 Å². The van der Waals surface area contributed by atoms with E-state index in [0.29, 0.717) is 22.2 Å². The Kier molecular flexibility index (Phi) is 3.50. The van der Waals surface area contributed by atoms with Crippen LogP contribution in [0.4, 0.5) is 11.5 Å². The molecule has 104 valence electrons. The fourth-order valence-corrected chi connectivity index (χ4v) is 2.44. The second-order valence-electron chi connectivity index (χ2n) is 4.74. The van der Waals surface area contributed by atoms with Gasteiger partial charge in [-0.1, -0.05) is 66.2 Å². The van der Waals surface area contributed by atoms with Gasteiger partial charge in [0.05, 0.1) is 16.4 Å². The average Bonchev–Trinajstić information content (AvgIpc) is 2.52. The minimum atomic E-state index is 0.293. The lowest BCUT2D eigenvalue weighted by atomic mass is 10.0. The van der Waals surface area contributed by atoms with Crippen molar-refractivity contribution in [1.82, 2.24) is 4.98 Å². The van der Waals surface area contributed by atoms with E-state index in [1.54, 1.807) is 6.07 Å². The number of anilines is 2. The van der Waals surface area contributed by atoms with Crippen LogP contribution in [0.2, 0.25) is 5.02 Å². The largest absolute Gasteiger partial charge is 0.396 e. The van der Waals surface area contributed by atoms with Gasteiger partial charge >= 0.3 is 0 Å². The maximum absolute atomic E-state index is 6.19. The molecule has 0 fully saturated rings. The number of rotatable bonds is 2. The third kappa shape index (κ3) is 2.69. The summed E-state index contributed by atoms with van der Waals surface area (Å²) in [6.45, 7) is 0. The molecule has 1 heterocycles. The molecule has 3 aromatic rings. The summed E-state index contributed by atoms with van der Waals surface area (Å²) in [5.41, 5.74) is 15.7. The van der Waals surface area contributed by atoms with Crippen molar-refractivity contribution in [2.24, 2.45) is 0 Å². The molecule has 4 heteroatoms. The lowest BCUT2D eigenvalue weighted by Gasteiger charge is -2.08. The number of aromatic nitrogens is 1. The summed E-state index contributed by atoms with van der Waals surface area (Å²) >= 11 is 6.19. The number of benzene rings is 2. The number of pyridine rings is 1. The third-order valence-electron chi connectivity index (χ3n) is 3.30. The van der Waals surface area contributed by atoms with E-state index in [1.807, 2.05) is 42.5 Å². The Bertz CT molecular complexity index is 768. The van der Waals surface area contributed by atoms with Gasteiger partial charge in [-0.3, -0.25) is 0 Å². The van der Waals surface area contributed by atoms with Crippen LogP contribution in [0.5, 0.6) is 0 Å². The van der Waals surface area contributed by atoms with Crippen LogP contribution in [0.3, 0.4) is 0 Å². The second-order valence-corrected chi connectivity index (χ2v) is 5.14. The second kappa shape index (κ2) is 5.46. The topological polar surface area (TPSA) is 64.9 Å². The highest BCUT2D eigenvalue weighted by atomic mass is 35.5. The molecule has 21 heavy (non-hydrogen) atoms. The monoisotopic (exact) mass is 295 g/mol. The van der Waals surface area contributed by atoms with Gasteiger partial charge in [0, 0.05) is 5.56 Å². The van der Waals surface area contributed by atoms with Gasteiger partial charge in [-0.05, 0) is 17.2 Å². The summed E-state index contributed by atoms with van der Waals surface area (Å²) in [5, 5.41) is 0.495. The first-order valence-corrected chi connectivity index (χ1v) is 6.90. The van der Waals surface area contributed by atoms with Gasteiger partial charge in [0.2, 0.25) is 0 Å². The van der Waals surface area contributed by atoms with Crippen LogP contribution in [-0.2, 0) is 0 Å². The highest BCUT2D eigenvalue weighted by Crippen LogP contribution is 2.31. The fourth-order valence-electron chi connectivity index (χ4n) is 2.17. The zero-order chi connectivity index (χ0) is 14.8. The summed E-state index contributed by atoms with van der Waals surface area (Å²) in [6.07, 6.45) is 0. The molecule has 0 radical (unpaired) electrons. The number of nitrogens with zero attached hydrogens (tertiary/aromatic N) is 1. The molecule has 0 saturated heterocycles. The van der Waals surface area contributed by atoms with Crippen molar-refractivity contribution in [1.29, 1.82) is 0 Å². The zero-order valence-corrected chi connectivity index (χ0v) is 12.0. The lowest BCUT2D eigenvalue weighted by molar-refractivity contribution is 1.33. The van der Waals surface area contributed by atoms with Crippen molar-refractivity contribution in [3.63, 3.8) is 0 Å². The Balaban J connectivity index is 2.00. The molecule has 0 unspecified atom stereocenters. The molecule has 0 atom stereocenters. The molecule has 0 saturated carbocycles. The first-order valence-electron chi connectivity index (χ1n) is 6.52. The van der Waals surface area contributed by atoms with E-state index in [2.05, 4.69) is 17.1 Å². The summed E-state index contributed by atoms with van der Waals surface area (Å²) < 4.78 is 0. The highest BCUT2D eigenvalue weighted by Gasteiger charge is 2.09. The highest BCUT2D eigenvalue weighted by molar-refractivity contribution is 6.33. The van der Waals surface area contributed by atoms with Gasteiger partial charge < -0.3 is 11.5 Å². The quantitative estimate of drug-likeness (QED) is 0.743. The molecule has 0 aliphatic heterocycles. The molecule has 0 aliphatic rings. The predicted molar refractivity (Wildman–Crippen MR) is 88.9 cm³/mol. The molecule has 0 spiro atoms. The first-order chi connectivity index (χ1) is 10.1. The van der Waals surface area contributed by atoms with E-state index in [9.17, 15) is 0 Å². The average molecular weight is 296 g/mol. The minimum Gasteiger partial charge on any atom is -0.396 e. The number of nitrogens with two attached hydrogens (primary N) is 2. The molecule has 0 bridgehead atoms. The van der Waals surface area contributed by atoms with Crippen LogP contribution in [-0.4, -0.2) is 4.98 Å². The summed E-state index contributed by atoms with van der Waals surface area (Å²) in [5.74, 6) is 0.293. The van der Waals surface area contributed by atoms with E-state index in [1.165, 1.54) is 5.56 Å². The van der Waals surface area contributed by atoms with Gasteiger partial charge in [-0.2, -0.15) is 0 Å². The number of nitrogen functional groups attached to an aromatic ring is 2. The maximum Gasteiger partial charge on any atom is 0.147 e. The van der Waals surface area contributed by atoms with Crippen molar-refractivity contribution >= 4 is 23.1 Å². The summed E-state index contributed by atoms with van der Waals surface area (Å²) in [6, 6.07) is 19.8. The maximum atomic E-state index is 6.19. The van der Waals surface area contributed by atoms with Crippen molar-refractivity contribution < 1.29 is 0 Å². The van der Waals surface area contributed by atoms with Crippen molar-refractivity contribution in [3.8, 4) is 22.4 Å². The van der Waals surface area contributed by atoms with E-state index in [4.69, 9.17) is 23.1 Å². The SMILES string of the molecule is Nc1cc(Cl)c(-c2ccc(-c3ccccc3)cc2)nc1N. The number of hydrogen-bond donors (Lipinski definition) is 2. The number of hydrogen-bond acceptors (Lipinski definition) is 3. The molecule has 3 nitrogen and oxygen atoms in total. The van der Waals surface area contributed by atoms with Crippen LogP contribution < -0.4 is 11.5 Å². The predicted octanol–water partition coefficient (Wildman–Crippen LogP) is 4.23. The van der Waals surface area contributed by atoms with Crippen molar-refractivity contribution in [2.75, 3.05) is 11.5 Å².